The van der Waals surface area contributed by atoms with Crippen LogP contribution in [-0.2, 0) is 4.79 Å². The van der Waals surface area contributed by atoms with Crippen LogP contribution in [0.15, 0.2) is 17.4 Å². The van der Waals surface area contributed by atoms with Gasteiger partial charge >= 0.3 is 0 Å². The second-order valence-corrected chi connectivity index (χ2v) is 10.0. The summed E-state index contributed by atoms with van der Waals surface area (Å²) in [4.78, 5) is 15.6. The van der Waals surface area contributed by atoms with E-state index in [-0.39, 0.29) is 11.0 Å². The number of nitrogens with two attached hydrogens (primary N) is 1. The summed E-state index contributed by atoms with van der Waals surface area (Å²) in [6.07, 6.45) is 30.5. The molecule has 1 aliphatic rings. The molecule has 0 saturated heterocycles. The minimum atomic E-state index is -1.05. The molecule has 1 rings (SSSR count). The number of amidine groups is 1. The molecule has 5 nitrogen and oxygen atoms in total. The molecule has 1 heterocycles. The van der Waals surface area contributed by atoms with E-state index >= 15 is 0 Å². The number of carbonyl (C=O) groups is 1. The summed E-state index contributed by atoms with van der Waals surface area (Å²) in [6.45, 7) is 3.23. The van der Waals surface area contributed by atoms with Gasteiger partial charge in [0.1, 0.15) is 19.3 Å². The lowest BCUT2D eigenvalue weighted by Gasteiger charge is -2.32. The van der Waals surface area contributed by atoms with Gasteiger partial charge in [-0.05, 0) is 6.42 Å². The van der Waals surface area contributed by atoms with E-state index in [4.69, 9.17) is 5.73 Å². The zero-order valence-electron chi connectivity index (χ0n) is 21.7. The standard InChI is InChI=1S/C28H53N3O2/c1-2-3-4-5-6-7-8-9-10-11-12-13-14-15-16-17-18-19-20-21-27-30-23-25-31(27,24-22-29)26-28(32)33/h23,25H,2-22,24,26,29H2,1H3. The monoisotopic (exact) mass is 463 g/mol. The SMILES string of the molecule is CCCCCCCCCCCCCCCCCCCCCC1=NC=C[N+]1(CCN)CC(=O)[O-]. The van der Waals surface area contributed by atoms with Gasteiger partial charge in [-0.25, -0.2) is 9.48 Å². The minimum Gasteiger partial charge on any atom is -0.544 e. The highest BCUT2D eigenvalue weighted by Gasteiger charge is 2.34. The molecule has 5 heteroatoms. The van der Waals surface area contributed by atoms with Gasteiger partial charge in [-0.1, -0.05) is 122 Å². The molecule has 1 unspecified atom stereocenters. The van der Waals surface area contributed by atoms with Crippen molar-refractivity contribution in [3.8, 4) is 0 Å². The molecule has 0 aromatic heterocycles. The molecule has 1 aliphatic heterocycles. The van der Waals surface area contributed by atoms with E-state index in [1.165, 1.54) is 116 Å². The van der Waals surface area contributed by atoms with E-state index in [0.717, 1.165) is 18.7 Å². The Balaban J connectivity index is 1.88. The summed E-state index contributed by atoms with van der Waals surface area (Å²) in [5, 5.41) is 11.2. The first-order valence-electron chi connectivity index (χ1n) is 14.2. The maximum absolute atomic E-state index is 11.2. The van der Waals surface area contributed by atoms with E-state index in [1.54, 1.807) is 6.20 Å². The lowest BCUT2D eigenvalue weighted by Crippen LogP contribution is -2.55. The molecular formula is C28H53N3O2. The van der Waals surface area contributed by atoms with Gasteiger partial charge in [0.15, 0.2) is 0 Å². The van der Waals surface area contributed by atoms with Gasteiger partial charge in [-0.3, -0.25) is 0 Å². The molecule has 33 heavy (non-hydrogen) atoms. The van der Waals surface area contributed by atoms with Crippen LogP contribution >= 0.6 is 0 Å². The Morgan fingerprint density at radius 1 is 0.788 bits per heavy atom. The number of carboxylic acid groups (broad SMARTS) is 1. The van der Waals surface area contributed by atoms with Crippen molar-refractivity contribution < 1.29 is 14.4 Å². The van der Waals surface area contributed by atoms with Crippen LogP contribution in [0.3, 0.4) is 0 Å². The van der Waals surface area contributed by atoms with Crippen LogP contribution in [0, 0.1) is 0 Å². The molecule has 192 valence electrons. The summed E-state index contributed by atoms with van der Waals surface area (Å²) >= 11 is 0. The van der Waals surface area contributed by atoms with Crippen LogP contribution in [0.5, 0.6) is 0 Å². The van der Waals surface area contributed by atoms with Crippen LogP contribution < -0.4 is 10.8 Å². The molecule has 0 saturated carbocycles. The predicted molar refractivity (Wildman–Crippen MR) is 139 cm³/mol. The third kappa shape index (κ3) is 14.6. The number of carbonyl (C=O) groups excluding carboxylic acids is 1. The Hall–Kier alpha value is -1.20. The van der Waals surface area contributed by atoms with Crippen molar-refractivity contribution in [1.82, 2.24) is 0 Å². The average Bonchev–Trinajstić information content (AvgIpc) is 3.16. The number of hydrogen-bond donors (Lipinski definition) is 1. The fraction of sp³-hybridized carbons (Fsp3) is 0.857. The highest BCUT2D eigenvalue weighted by Crippen LogP contribution is 2.21. The Kier molecular flexibility index (Phi) is 18.3. The second-order valence-electron chi connectivity index (χ2n) is 10.0. The van der Waals surface area contributed by atoms with Gasteiger partial charge in [-0.2, -0.15) is 0 Å². The molecule has 0 amide bonds. The Morgan fingerprint density at radius 2 is 1.21 bits per heavy atom. The lowest BCUT2D eigenvalue weighted by atomic mass is 10.0. The number of unbranched alkanes of at least 4 members (excludes halogenated alkanes) is 18. The van der Waals surface area contributed by atoms with E-state index < -0.39 is 5.97 Å². The molecule has 0 aliphatic carbocycles. The molecule has 0 bridgehead atoms. The zero-order valence-corrected chi connectivity index (χ0v) is 21.7. The van der Waals surface area contributed by atoms with E-state index in [9.17, 15) is 9.90 Å². The van der Waals surface area contributed by atoms with Crippen LogP contribution in [0.1, 0.15) is 135 Å². The van der Waals surface area contributed by atoms with Crippen molar-refractivity contribution in [1.29, 1.82) is 0 Å². The third-order valence-corrected chi connectivity index (χ3v) is 7.03. The van der Waals surface area contributed by atoms with Crippen LogP contribution in [0.25, 0.3) is 0 Å². The fourth-order valence-electron chi connectivity index (χ4n) is 4.98. The Morgan fingerprint density at radius 3 is 1.61 bits per heavy atom. The first kappa shape index (κ1) is 29.8. The van der Waals surface area contributed by atoms with Gasteiger partial charge in [0.05, 0.1) is 12.2 Å². The van der Waals surface area contributed by atoms with Crippen molar-refractivity contribution in [2.45, 2.75) is 135 Å². The van der Waals surface area contributed by atoms with Crippen molar-refractivity contribution in [3.63, 3.8) is 0 Å². The van der Waals surface area contributed by atoms with Gasteiger partial charge < -0.3 is 15.6 Å². The van der Waals surface area contributed by atoms with Gasteiger partial charge in [0.2, 0.25) is 5.84 Å². The maximum atomic E-state index is 11.2. The van der Waals surface area contributed by atoms with Crippen molar-refractivity contribution >= 4 is 11.8 Å². The highest BCUT2D eigenvalue weighted by molar-refractivity contribution is 5.80. The summed E-state index contributed by atoms with van der Waals surface area (Å²) in [6, 6.07) is 0. The van der Waals surface area contributed by atoms with Crippen molar-refractivity contribution in [3.05, 3.63) is 12.4 Å². The van der Waals surface area contributed by atoms with Gasteiger partial charge in [0, 0.05) is 13.0 Å². The molecule has 0 radical (unpaired) electrons. The van der Waals surface area contributed by atoms with E-state index in [0.29, 0.717) is 13.1 Å². The first-order chi connectivity index (χ1) is 16.1. The summed E-state index contributed by atoms with van der Waals surface area (Å²) in [5.41, 5.74) is 5.72. The molecule has 0 aromatic carbocycles. The van der Waals surface area contributed by atoms with Gasteiger partial charge in [-0.15, -0.1) is 0 Å². The number of aliphatic imine (C=N–C) groups is 1. The Bertz CT molecular complexity index is 547. The lowest BCUT2D eigenvalue weighted by molar-refractivity contribution is -0.780. The molecular weight excluding hydrogens is 410 g/mol. The molecule has 0 fully saturated rings. The first-order valence-corrected chi connectivity index (χ1v) is 14.2. The minimum absolute atomic E-state index is 0.0638. The maximum Gasteiger partial charge on any atom is 0.207 e. The largest absolute Gasteiger partial charge is 0.544 e. The number of nitrogens with zero attached hydrogens (tertiary/aromatic N) is 2. The average molecular weight is 464 g/mol. The fourth-order valence-corrected chi connectivity index (χ4v) is 4.98. The Labute approximate surface area is 204 Å². The number of aliphatic carboxylic acids is 1. The highest BCUT2D eigenvalue weighted by atomic mass is 16.4. The molecule has 1 atom stereocenters. The molecule has 2 N–H and O–H groups in total. The zero-order chi connectivity index (χ0) is 24.0. The van der Waals surface area contributed by atoms with E-state index in [2.05, 4.69) is 11.9 Å². The van der Waals surface area contributed by atoms with Crippen LogP contribution in [-0.4, -0.2) is 35.9 Å². The number of carboxylic acids is 1. The number of hydrogen-bond acceptors (Lipinski definition) is 4. The predicted octanol–water partition coefficient (Wildman–Crippen LogP) is 6.22. The van der Waals surface area contributed by atoms with Gasteiger partial charge in [0.25, 0.3) is 0 Å². The van der Waals surface area contributed by atoms with E-state index in [1.807, 2.05) is 6.20 Å². The smallest absolute Gasteiger partial charge is 0.207 e. The second kappa shape index (κ2) is 20.2. The third-order valence-electron chi connectivity index (χ3n) is 7.03. The molecule has 0 aromatic rings. The quantitative estimate of drug-likeness (QED) is 0.136. The molecule has 0 spiro atoms. The van der Waals surface area contributed by atoms with Crippen molar-refractivity contribution in [2.75, 3.05) is 19.6 Å². The summed E-state index contributed by atoms with van der Waals surface area (Å²) < 4.78 is 0.248. The van der Waals surface area contributed by atoms with Crippen LogP contribution in [0.4, 0.5) is 0 Å². The number of quaternary nitrogens is 1. The van der Waals surface area contributed by atoms with Crippen molar-refractivity contribution in [2.24, 2.45) is 10.7 Å². The summed E-state index contributed by atoms with van der Waals surface area (Å²) in [5.74, 6) is -0.118. The number of rotatable bonds is 24. The topological polar surface area (TPSA) is 78.5 Å². The van der Waals surface area contributed by atoms with Crippen LogP contribution in [0.2, 0.25) is 0 Å². The normalized spacial score (nSPS) is 17.6. The summed E-state index contributed by atoms with van der Waals surface area (Å²) in [7, 11) is 0.